The van der Waals surface area contributed by atoms with Crippen LogP contribution in [-0.2, 0) is 17.4 Å². The molecule has 0 radical (unpaired) electrons. The second kappa shape index (κ2) is 5.31. The molecule has 116 valence electrons. The molecular weight excluding hydrogens is 317 g/mol. The zero-order valence-electron chi connectivity index (χ0n) is 11.4. The number of aryl methyl sites for hydroxylation is 1. The van der Waals surface area contributed by atoms with Crippen LogP contribution in [0.3, 0.4) is 0 Å². The van der Waals surface area contributed by atoms with Gasteiger partial charge in [0.15, 0.2) is 0 Å². The highest BCUT2D eigenvalue weighted by Gasteiger charge is 2.36. The summed E-state index contributed by atoms with van der Waals surface area (Å²) in [6.07, 6.45) is -4.09. The van der Waals surface area contributed by atoms with Gasteiger partial charge in [0, 0.05) is 4.90 Å². The van der Waals surface area contributed by atoms with Crippen molar-refractivity contribution < 1.29 is 18.0 Å². The molecule has 1 aromatic carbocycles. The first-order valence-electron chi connectivity index (χ1n) is 6.39. The van der Waals surface area contributed by atoms with Crippen molar-refractivity contribution >= 4 is 23.6 Å². The van der Waals surface area contributed by atoms with Gasteiger partial charge in [0.2, 0.25) is 17.7 Å². The van der Waals surface area contributed by atoms with E-state index >= 15 is 0 Å². The van der Waals surface area contributed by atoms with Gasteiger partial charge in [-0.15, -0.1) is 16.9 Å². The summed E-state index contributed by atoms with van der Waals surface area (Å²) in [6.45, 7) is 1.96. The number of fused-ring (bicyclic) bond motifs is 1. The first-order chi connectivity index (χ1) is 10.3. The van der Waals surface area contributed by atoms with E-state index in [1.165, 1.54) is 11.8 Å². The number of hydrogen-bond donors (Lipinski definition) is 2. The van der Waals surface area contributed by atoms with Crippen LogP contribution in [0.4, 0.5) is 19.1 Å². The minimum absolute atomic E-state index is 0.370. The van der Waals surface area contributed by atoms with E-state index in [1.54, 1.807) is 5.10 Å². The van der Waals surface area contributed by atoms with E-state index in [0.717, 1.165) is 16.0 Å². The quantitative estimate of drug-likeness (QED) is 0.889. The van der Waals surface area contributed by atoms with Crippen molar-refractivity contribution in [2.45, 2.75) is 29.7 Å². The highest BCUT2D eigenvalue weighted by molar-refractivity contribution is 8.01. The van der Waals surface area contributed by atoms with E-state index < -0.39 is 23.2 Å². The molecule has 5 nitrogen and oxygen atoms in total. The Morgan fingerprint density at radius 3 is 2.91 bits per heavy atom. The average molecular weight is 328 g/mol. The fraction of sp³-hybridized carbons (Fsp3) is 0.308. The first-order valence-corrected chi connectivity index (χ1v) is 7.27. The standard InChI is InChI=1S/C13H11F3N4OS/c1-6-2-3-7-5-9(22-8(7)4-6)10(21)17-12-18-11(19-20-12)13(14,15)16/h2-4,9H,5H2,1H3,(H2,17,18,19,20,21)/t9-/m0/s1. The molecule has 22 heavy (non-hydrogen) atoms. The normalized spacial score (nSPS) is 17.4. The van der Waals surface area contributed by atoms with Crippen LogP contribution in [0.5, 0.6) is 0 Å². The van der Waals surface area contributed by atoms with Crippen molar-refractivity contribution in [3.05, 3.63) is 35.2 Å². The maximum absolute atomic E-state index is 12.4. The molecule has 2 heterocycles. The number of nitrogens with zero attached hydrogens (tertiary/aromatic N) is 2. The van der Waals surface area contributed by atoms with Crippen LogP contribution in [0.15, 0.2) is 23.1 Å². The van der Waals surface area contributed by atoms with Gasteiger partial charge < -0.3 is 0 Å². The number of carbonyl (C=O) groups is 1. The molecule has 0 saturated carbocycles. The van der Waals surface area contributed by atoms with E-state index in [2.05, 4.69) is 15.4 Å². The highest BCUT2D eigenvalue weighted by Crippen LogP contribution is 2.38. The van der Waals surface area contributed by atoms with Gasteiger partial charge in [0.1, 0.15) is 0 Å². The van der Waals surface area contributed by atoms with Gasteiger partial charge in [-0.3, -0.25) is 15.2 Å². The molecule has 9 heteroatoms. The second-order valence-electron chi connectivity index (χ2n) is 4.92. The van der Waals surface area contributed by atoms with E-state index in [0.29, 0.717) is 6.42 Å². The van der Waals surface area contributed by atoms with Crippen LogP contribution in [0.25, 0.3) is 0 Å². The highest BCUT2D eigenvalue weighted by atomic mass is 32.2. The van der Waals surface area contributed by atoms with Gasteiger partial charge >= 0.3 is 6.18 Å². The van der Waals surface area contributed by atoms with Crippen LogP contribution in [0.1, 0.15) is 17.0 Å². The summed E-state index contributed by atoms with van der Waals surface area (Å²) < 4.78 is 37.2. The average Bonchev–Trinajstić information content (AvgIpc) is 3.03. The van der Waals surface area contributed by atoms with Crippen molar-refractivity contribution in [3.8, 4) is 0 Å². The Balaban J connectivity index is 1.68. The number of hydrogen-bond acceptors (Lipinski definition) is 4. The number of carbonyl (C=O) groups excluding carboxylic acids is 1. The third-order valence-electron chi connectivity index (χ3n) is 3.18. The number of thioether (sulfide) groups is 1. The van der Waals surface area contributed by atoms with E-state index in [-0.39, 0.29) is 5.95 Å². The smallest absolute Gasteiger partial charge is 0.292 e. The summed E-state index contributed by atoms with van der Waals surface area (Å²) in [7, 11) is 0. The Morgan fingerprint density at radius 2 is 2.23 bits per heavy atom. The Bertz CT molecular complexity index is 728. The molecule has 0 fully saturated rings. The summed E-state index contributed by atoms with van der Waals surface area (Å²) in [5.74, 6) is -2.02. The number of benzene rings is 1. The Labute approximate surface area is 127 Å². The molecule has 3 rings (SSSR count). The second-order valence-corrected chi connectivity index (χ2v) is 6.16. The summed E-state index contributed by atoms with van der Waals surface area (Å²) in [5, 5.41) is 7.03. The summed E-state index contributed by atoms with van der Waals surface area (Å²) >= 11 is 1.39. The third-order valence-corrected chi connectivity index (χ3v) is 4.48. The number of H-pyrrole nitrogens is 1. The van der Waals surface area contributed by atoms with Crippen LogP contribution in [-0.4, -0.2) is 26.3 Å². The van der Waals surface area contributed by atoms with Gasteiger partial charge in [0.05, 0.1) is 5.25 Å². The SMILES string of the molecule is Cc1ccc2c(c1)S[C@H](C(=O)Nc1n[nH]c(C(F)(F)F)n1)C2. The van der Waals surface area contributed by atoms with Crippen LogP contribution in [0.2, 0.25) is 0 Å². The minimum Gasteiger partial charge on any atom is -0.292 e. The molecule has 1 atom stereocenters. The molecule has 1 aromatic heterocycles. The molecular formula is C13H11F3N4OS. The first kappa shape index (κ1) is 14.9. The lowest BCUT2D eigenvalue weighted by atomic mass is 10.1. The lowest BCUT2D eigenvalue weighted by Gasteiger charge is -2.06. The lowest BCUT2D eigenvalue weighted by Crippen LogP contribution is -2.25. The monoisotopic (exact) mass is 328 g/mol. The topological polar surface area (TPSA) is 70.7 Å². The number of rotatable bonds is 2. The number of alkyl halides is 3. The van der Waals surface area contributed by atoms with Crippen LogP contribution in [0, 0.1) is 6.92 Å². The molecule has 1 amide bonds. The van der Waals surface area contributed by atoms with Gasteiger partial charge in [-0.1, -0.05) is 17.7 Å². The number of aromatic amines is 1. The number of halogens is 3. The predicted molar refractivity (Wildman–Crippen MR) is 74.5 cm³/mol. The van der Waals surface area contributed by atoms with Crippen molar-refractivity contribution in [1.29, 1.82) is 0 Å². The molecule has 1 aliphatic heterocycles. The molecule has 0 spiro atoms. The van der Waals surface area contributed by atoms with Crippen molar-refractivity contribution in [2.75, 3.05) is 5.32 Å². The zero-order chi connectivity index (χ0) is 15.9. The fourth-order valence-corrected chi connectivity index (χ4v) is 3.41. The Hall–Kier alpha value is -2.03. The molecule has 2 N–H and O–H groups in total. The number of aromatic nitrogens is 3. The summed E-state index contributed by atoms with van der Waals surface area (Å²) in [5.41, 5.74) is 2.15. The fourth-order valence-electron chi connectivity index (χ4n) is 2.12. The van der Waals surface area contributed by atoms with E-state index in [4.69, 9.17) is 0 Å². The van der Waals surface area contributed by atoms with E-state index in [9.17, 15) is 18.0 Å². The molecule has 0 aliphatic carbocycles. The van der Waals surface area contributed by atoms with Crippen LogP contribution < -0.4 is 5.32 Å². The minimum atomic E-state index is -4.62. The van der Waals surface area contributed by atoms with Gasteiger partial charge in [0.25, 0.3) is 0 Å². The van der Waals surface area contributed by atoms with Gasteiger partial charge in [-0.05, 0) is 25.0 Å². The van der Waals surface area contributed by atoms with E-state index in [1.807, 2.05) is 25.1 Å². The number of anilines is 1. The molecule has 2 aromatic rings. The summed E-state index contributed by atoms with van der Waals surface area (Å²) in [6, 6.07) is 5.91. The van der Waals surface area contributed by atoms with Gasteiger partial charge in [-0.2, -0.15) is 18.2 Å². The summed E-state index contributed by atoms with van der Waals surface area (Å²) in [4.78, 5) is 16.4. The number of nitrogens with one attached hydrogen (secondary N) is 2. The zero-order valence-corrected chi connectivity index (χ0v) is 12.2. The molecule has 1 aliphatic rings. The maximum Gasteiger partial charge on any atom is 0.451 e. The predicted octanol–water partition coefficient (Wildman–Crippen LogP) is 2.79. The number of amides is 1. The van der Waals surface area contributed by atoms with Crippen LogP contribution >= 0.6 is 11.8 Å². The largest absolute Gasteiger partial charge is 0.451 e. The van der Waals surface area contributed by atoms with Crippen molar-refractivity contribution in [3.63, 3.8) is 0 Å². The van der Waals surface area contributed by atoms with Crippen molar-refractivity contribution in [1.82, 2.24) is 15.2 Å². The molecule has 0 unspecified atom stereocenters. The molecule has 0 bridgehead atoms. The lowest BCUT2D eigenvalue weighted by molar-refractivity contribution is -0.144. The maximum atomic E-state index is 12.4. The Morgan fingerprint density at radius 1 is 1.45 bits per heavy atom. The molecule has 0 saturated heterocycles. The Kier molecular flexibility index (Phi) is 3.59. The van der Waals surface area contributed by atoms with Crippen molar-refractivity contribution in [2.24, 2.45) is 0 Å². The van der Waals surface area contributed by atoms with Gasteiger partial charge in [-0.25, -0.2) is 0 Å². The third kappa shape index (κ3) is 2.94.